The first-order valence-corrected chi connectivity index (χ1v) is 7.14. The predicted molar refractivity (Wildman–Crippen MR) is 74.8 cm³/mol. The normalized spacial score (nSPS) is 18.2. The third kappa shape index (κ3) is 2.50. The molecule has 2 heterocycles. The van der Waals surface area contributed by atoms with E-state index in [1.165, 1.54) is 25.1 Å². The molecule has 0 unspecified atom stereocenters. The summed E-state index contributed by atoms with van der Waals surface area (Å²) >= 11 is 0. The van der Waals surface area contributed by atoms with Crippen molar-refractivity contribution in [3.05, 3.63) is 29.7 Å². The molecule has 0 atom stereocenters. The minimum absolute atomic E-state index is 0.208. The number of fused-ring (bicyclic) bond motifs is 1. The Morgan fingerprint density at radius 3 is 2.89 bits per heavy atom. The van der Waals surface area contributed by atoms with E-state index < -0.39 is 0 Å². The maximum absolute atomic E-state index is 13.2. The quantitative estimate of drug-likeness (QED) is 0.919. The fraction of sp³-hybridized carbons (Fsp3) is 0.533. The van der Waals surface area contributed by atoms with Crippen LogP contribution in [0.15, 0.2) is 18.2 Å². The summed E-state index contributed by atoms with van der Waals surface area (Å²) < 4.78 is 13.2. The highest BCUT2D eigenvalue weighted by atomic mass is 19.1. The van der Waals surface area contributed by atoms with Gasteiger partial charge >= 0.3 is 0 Å². The lowest BCUT2D eigenvalue weighted by atomic mass is 9.91. The lowest BCUT2D eigenvalue weighted by molar-refractivity contribution is 0.211. The average molecular weight is 261 g/mol. The summed E-state index contributed by atoms with van der Waals surface area (Å²) in [5.74, 6) is 0.299. The van der Waals surface area contributed by atoms with Gasteiger partial charge in [0.1, 0.15) is 5.82 Å². The maximum atomic E-state index is 13.2. The molecule has 1 aromatic heterocycles. The lowest BCUT2D eigenvalue weighted by Crippen LogP contribution is -2.33. The van der Waals surface area contributed by atoms with Crippen LogP contribution in [-0.4, -0.2) is 34.7 Å². The number of aromatic nitrogens is 2. The van der Waals surface area contributed by atoms with Crippen LogP contribution in [0.25, 0.3) is 10.9 Å². The second-order valence-corrected chi connectivity index (χ2v) is 5.41. The number of hydrogen-bond donors (Lipinski definition) is 1. The van der Waals surface area contributed by atoms with Gasteiger partial charge in [0.05, 0.1) is 11.2 Å². The van der Waals surface area contributed by atoms with Crippen LogP contribution >= 0.6 is 0 Å². The Bertz CT molecular complexity index is 556. The first-order chi connectivity index (χ1) is 9.28. The molecule has 4 heteroatoms. The van der Waals surface area contributed by atoms with Crippen LogP contribution in [0, 0.1) is 5.82 Å². The van der Waals surface area contributed by atoms with Crippen LogP contribution in [0.3, 0.4) is 0 Å². The molecule has 0 spiro atoms. The summed E-state index contributed by atoms with van der Waals surface area (Å²) in [5.41, 5.74) is 1.93. The van der Waals surface area contributed by atoms with E-state index in [4.69, 9.17) is 0 Å². The minimum Gasteiger partial charge on any atom is -0.303 e. The van der Waals surface area contributed by atoms with Gasteiger partial charge in [-0.25, -0.2) is 4.39 Å². The number of likely N-dealkylation sites (tertiary alicyclic amines) is 1. The van der Waals surface area contributed by atoms with Crippen molar-refractivity contribution >= 4 is 10.9 Å². The molecule has 19 heavy (non-hydrogen) atoms. The monoisotopic (exact) mass is 261 g/mol. The van der Waals surface area contributed by atoms with Crippen LogP contribution in [0.5, 0.6) is 0 Å². The molecule has 0 saturated carbocycles. The highest BCUT2D eigenvalue weighted by molar-refractivity contribution is 5.81. The second kappa shape index (κ2) is 5.29. The van der Waals surface area contributed by atoms with Gasteiger partial charge in [-0.05, 0) is 57.1 Å². The lowest BCUT2D eigenvalue weighted by Gasteiger charge is -2.30. The van der Waals surface area contributed by atoms with E-state index in [0.29, 0.717) is 5.92 Å². The third-order valence-corrected chi connectivity index (χ3v) is 4.07. The minimum atomic E-state index is -0.208. The number of nitrogens with zero attached hydrogens (tertiary/aromatic N) is 2. The summed E-state index contributed by atoms with van der Waals surface area (Å²) in [6, 6.07) is 4.90. The van der Waals surface area contributed by atoms with Crippen molar-refractivity contribution in [2.45, 2.75) is 32.1 Å². The average Bonchev–Trinajstić information content (AvgIpc) is 2.83. The van der Waals surface area contributed by atoms with Gasteiger partial charge in [0.15, 0.2) is 0 Å². The summed E-state index contributed by atoms with van der Waals surface area (Å²) in [6.07, 6.45) is 3.52. The van der Waals surface area contributed by atoms with Gasteiger partial charge < -0.3 is 4.90 Å². The molecule has 3 nitrogen and oxygen atoms in total. The summed E-state index contributed by atoms with van der Waals surface area (Å²) in [6.45, 7) is 5.71. The fourth-order valence-corrected chi connectivity index (χ4v) is 3.07. The molecule has 3 rings (SSSR count). The van der Waals surface area contributed by atoms with Crippen molar-refractivity contribution in [3.8, 4) is 0 Å². The van der Waals surface area contributed by atoms with E-state index >= 15 is 0 Å². The Morgan fingerprint density at radius 2 is 2.16 bits per heavy atom. The molecule has 102 valence electrons. The van der Waals surface area contributed by atoms with E-state index in [2.05, 4.69) is 22.0 Å². The number of aromatic amines is 1. The van der Waals surface area contributed by atoms with Crippen LogP contribution in [0.1, 0.15) is 37.8 Å². The topological polar surface area (TPSA) is 31.9 Å². The molecule has 0 amide bonds. The predicted octanol–water partition coefficient (Wildman–Crippen LogP) is 3.29. The van der Waals surface area contributed by atoms with E-state index in [0.717, 1.165) is 42.5 Å². The highest BCUT2D eigenvalue weighted by Gasteiger charge is 2.23. The van der Waals surface area contributed by atoms with Gasteiger partial charge in [0, 0.05) is 11.3 Å². The standard InChI is InChI=1S/C15H20FN3/c1-2-7-19-8-5-11(6-9-19)15-13-4-3-12(16)10-14(13)17-18-15/h3-4,10-11H,2,5-9H2,1H3,(H,17,18). The number of rotatable bonds is 3. The zero-order chi connectivity index (χ0) is 13.2. The number of H-pyrrole nitrogens is 1. The summed E-state index contributed by atoms with van der Waals surface area (Å²) in [5, 5.41) is 8.46. The Kier molecular flexibility index (Phi) is 3.51. The number of benzene rings is 1. The molecule has 0 bridgehead atoms. The smallest absolute Gasteiger partial charge is 0.125 e. The van der Waals surface area contributed by atoms with Crippen molar-refractivity contribution in [2.75, 3.05) is 19.6 Å². The van der Waals surface area contributed by atoms with Crippen molar-refractivity contribution in [2.24, 2.45) is 0 Å². The van der Waals surface area contributed by atoms with Crippen molar-refractivity contribution in [3.63, 3.8) is 0 Å². The van der Waals surface area contributed by atoms with Crippen LogP contribution in [0.4, 0.5) is 4.39 Å². The first kappa shape index (κ1) is 12.6. The molecular formula is C15H20FN3. The SMILES string of the molecule is CCCN1CCC(c2n[nH]c3cc(F)ccc23)CC1. The fourth-order valence-electron chi connectivity index (χ4n) is 3.07. The highest BCUT2D eigenvalue weighted by Crippen LogP contribution is 2.31. The number of piperidine rings is 1. The molecule has 1 aliphatic heterocycles. The first-order valence-electron chi connectivity index (χ1n) is 7.14. The molecule has 1 aromatic carbocycles. The molecule has 1 N–H and O–H groups in total. The van der Waals surface area contributed by atoms with Crippen molar-refractivity contribution < 1.29 is 4.39 Å². The summed E-state index contributed by atoms with van der Waals surface area (Å²) in [4.78, 5) is 2.52. The number of halogens is 1. The molecular weight excluding hydrogens is 241 g/mol. The Morgan fingerprint density at radius 1 is 1.37 bits per heavy atom. The van der Waals surface area contributed by atoms with Crippen molar-refractivity contribution in [1.29, 1.82) is 0 Å². The number of nitrogens with one attached hydrogen (secondary N) is 1. The molecule has 0 aliphatic carbocycles. The maximum Gasteiger partial charge on any atom is 0.125 e. The van der Waals surface area contributed by atoms with Gasteiger partial charge in [-0.3, -0.25) is 5.10 Å². The zero-order valence-electron chi connectivity index (χ0n) is 11.3. The van der Waals surface area contributed by atoms with Gasteiger partial charge in [-0.15, -0.1) is 0 Å². The van der Waals surface area contributed by atoms with E-state index in [9.17, 15) is 4.39 Å². The van der Waals surface area contributed by atoms with Gasteiger partial charge in [-0.2, -0.15) is 5.10 Å². The van der Waals surface area contributed by atoms with E-state index in [-0.39, 0.29) is 5.82 Å². The van der Waals surface area contributed by atoms with Crippen LogP contribution < -0.4 is 0 Å². The van der Waals surface area contributed by atoms with Gasteiger partial charge in [0.2, 0.25) is 0 Å². The number of hydrogen-bond acceptors (Lipinski definition) is 2. The van der Waals surface area contributed by atoms with Gasteiger partial charge in [-0.1, -0.05) is 6.92 Å². The summed E-state index contributed by atoms with van der Waals surface area (Å²) in [7, 11) is 0. The Balaban J connectivity index is 1.78. The van der Waals surface area contributed by atoms with E-state index in [1.54, 1.807) is 0 Å². The third-order valence-electron chi connectivity index (χ3n) is 4.07. The molecule has 1 fully saturated rings. The van der Waals surface area contributed by atoms with Crippen LogP contribution in [0.2, 0.25) is 0 Å². The molecule has 1 aliphatic rings. The molecule has 1 saturated heterocycles. The molecule has 0 radical (unpaired) electrons. The largest absolute Gasteiger partial charge is 0.303 e. The van der Waals surface area contributed by atoms with E-state index in [1.807, 2.05) is 6.07 Å². The van der Waals surface area contributed by atoms with Crippen molar-refractivity contribution in [1.82, 2.24) is 15.1 Å². The second-order valence-electron chi connectivity index (χ2n) is 5.41. The zero-order valence-corrected chi connectivity index (χ0v) is 11.3. The Hall–Kier alpha value is -1.42. The molecule has 2 aromatic rings. The van der Waals surface area contributed by atoms with Crippen LogP contribution in [-0.2, 0) is 0 Å². The Labute approximate surface area is 112 Å². The van der Waals surface area contributed by atoms with Gasteiger partial charge in [0.25, 0.3) is 0 Å².